The maximum Gasteiger partial charge on any atom is 0.256 e. The number of amides is 1. The van der Waals surface area contributed by atoms with Gasteiger partial charge in [-0.3, -0.25) is 9.59 Å². The molecule has 1 aliphatic heterocycles. The van der Waals surface area contributed by atoms with E-state index in [9.17, 15) is 9.59 Å². The van der Waals surface area contributed by atoms with E-state index in [-0.39, 0.29) is 11.5 Å². The molecule has 0 fully saturated rings. The second-order valence-electron chi connectivity index (χ2n) is 5.94. The third-order valence-electron chi connectivity index (χ3n) is 4.34. The number of aryl methyl sites for hydroxylation is 1. The number of carbonyl (C=O) groups excluding carboxylic acids is 1. The molecule has 6 nitrogen and oxygen atoms in total. The van der Waals surface area contributed by atoms with Crippen LogP contribution >= 0.6 is 0 Å². The number of nitrogens with one attached hydrogen (secondary N) is 2. The molecule has 4 rings (SSSR count). The highest BCUT2D eigenvalue weighted by Crippen LogP contribution is 2.23. The van der Waals surface area contributed by atoms with Crippen molar-refractivity contribution in [2.75, 3.05) is 0 Å². The number of hydrogen-bond acceptors (Lipinski definition) is 3. The molecule has 0 saturated heterocycles. The third-order valence-corrected chi connectivity index (χ3v) is 4.34. The van der Waals surface area contributed by atoms with Gasteiger partial charge in [0.05, 0.1) is 12.9 Å². The van der Waals surface area contributed by atoms with Crippen LogP contribution in [0, 0.1) is 6.92 Å². The van der Waals surface area contributed by atoms with Gasteiger partial charge in [-0.05, 0) is 36.2 Å². The lowest BCUT2D eigenvalue weighted by molar-refractivity contribution is 0.0966. The van der Waals surface area contributed by atoms with Gasteiger partial charge in [0.1, 0.15) is 0 Å². The standard InChI is InChI=1S/C18H16N4O2/c1-11-7-19-10-22(11)9-14-4-5-15(18(24)21-14)12-2-3-13-8-20-17(23)16(13)6-12/h2-7,10H,8-9H2,1H3,(H,20,23)(H,21,24). The molecule has 0 aliphatic carbocycles. The number of nitrogens with zero attached hydrogens (tertiary/aromatic N) is 2. The fraction of sp³-hybridized carbons (Fsp3) is 0.167. The summed E-state index contributed by atoms with van der Waals surface area (Å²) >= 11 is 0. The fourth-order valence-corrected chi connectivity index (χ4v) is 2.95. The Morgan fingerprint density at radius 3 is 2.79 bits per heavy atom. The molecule has 0 unspecified atom stereocenters. The SMILES string of the molecule is Cc1cncn1Cc1ccc(-c2ccc3c(c2)C(=O)NC3)c(=O)[nH]1. The van der Waals surface area contributed by atoms with Gasteiger partial charge in [0, 0.05) is 35.3 Å². The summed E-state index contributed by atoms with van der Waals surface area (Å²) in [5, 5.41) is 2.78. The van der Waals surface area contributed by atoms with Crippen LogP contribution in [-0.2, 0) is 13.1 Å². The van der Waals surface area contributed by atoms with Gasteiger partial charge in [0.2, 0.25) is 0 Å². The van der Waals surface area contributed by atoms with Gasteiger partial charge >= 0.3 is 0 Å². The molecule has 3 aromatic rings. The number of pyridine rings is 1. The Balaban J connectivity index is 1.68. The van der Waals surface area contributed by atoms with Gasteiger partial charge in [-0.25, -0.2) is 4.98 Å². The first-order valence-corrected chi connectivity index (χ1v) is 7.72. The monoisotopic (exact) mass is 320 g/mol. The normalized spacial score (nSPS) is 13.0. The van der Waals surface area contributed by atoms with Crippen LogP contribution in [-0.4, -0.2) is 20.4 Å². The number of aromatic amines is 1. The molecule has 0 atom stereocenters. The lowest BCUT2D eigenvalue weighted by atomic mass is 10.0. The molecule has 0 saturated carbocycles. The summed E-state index contributed by atoms with van der Waals surface area (Å²) < 4.78 is 1.96. The summed E-state index contributed by atoms with van der Waals surface area (Å²) in [6.45, 7) is 3.08. The summed E-state index contributed by atoms with van der Waals surface area (Å²) in [7, 11) is 0. The molecule has 1 amide bonds. The van der Waals surface area contributed by atoms with Gasteiger partial charge in [-0.2, -0.15) is 0 Å². The van der Waals surface area contributed by atoms with Crippen LogP contribution in [0.2, 0.25) is 0 Å². The molecule has 120 valence electrons. The van der Waals surface area contributed by atoms with Crippen molar-refractivity contribution in [3.8, 4) is 11.1 Å². The second-order valence-corrected chi connectivity index (χ2v) is 5.94. The molecule has 1 aromatic carbocycles. The minimum Gasteiger partial charge on any atom is -0.348 e. The molecule has 0 spiro atoms. The average molecular weight is 320 g/mol. The van der Waals surface area contributed by atoms with Crippen molar-refractivity contribution in [1.82, 2.24) is 19.9 Å². The number of H-pyrrole nitrogens is 1. The molecular weight excluding hydrogens is 304 g/mol. The van der Waals surface area contributed by atoms with Crippen molar-refractivity contribution in [3.05, 3.63) is 75.7 Å². The van der Waals surface area contributed by atoms with Crippen molar-refractivity contribution in [1.29, 1.82) is 0 Å². The van der Waals surface area contributed by atoms with E-state index in [2.05, 4.69) is 15.3 Å². The van der Waals surface area contributed by atoms with Crippen LogP contribution in [0.3, 0.4) is 0 Å². The molecule has 3 heterocycles. The van der Waals surface area contributed by atoms with Gasteiger partial charge in [0.15, 0.2) is 0 Å². The van der Waals surface area contributed by atoms with Gasteiger partial charge in [-0.15, -0.1) is 0 Å². The Morgan fingerprint density at radius 2 is 2.04 bits per heavy atom. The minimum atomic E-state index is -0.163. The van der Waals surface area contributed by atoms with E-state index in [1.807, 2.05) is 29.7 Å². The molecule has 0 radical (unpaired) electrons. The molecular formula is C18H16N4O2. The zero-order chi connectivity index (χ0) is 16.7. The number of hydrogen-bond donors (Lipinski definition) is 2. The minimum absolute atomic E-state index is 0.0875. The van der Waals surface area contributed by atoms with Crippen LogP contribution in [0.25, 0.3) is 11.1 Å². The summed E-state index contributed by atoms with van der Waals surface area (Å²) in [5.74, 6) is -0.0875. The molecule has 0 bridgehead atoms. The van der Waals surface area contributed by atoms with Crippen molar-refractivity contribution >= 4 is 5.91 Å². The fourth-order valence-electron chi connectivity index (χ4n) is 2.95. The van der Waals surface area contributed by atoms with E-state index in [1.54, 1.807) is 24.7 Å². The number of fused-ring (bicyclic) bond motifs is 1. The lowest BCUT2D eigenvalue weighted by Gasteiger charge is -2.07. The number of aromatic nitrogens is 3. The second kappa shape index (κ2) is 5.49. The van der Waals surface area contributed by atoms with Gasteiger partial charge in [0.25, 0.3) is 11.5 Å². The smallest absolute Gasteiger partial charge is 0.256 e. The summed E-state index contributed by atoms with van der Waals surface area (Å²) in [6, 6.07) is 9.24. The van der Waals surface area contributed by atoms with Gasteiger partial charge < -0.3 is 14.9 Å². The van der Waals surface area contributed by atoms with E-state index in [1.165, 1.54) is 0 Å². The largest absolute Gasteiger partial charge is 0.348 e. The summed E-state index contributed by atoms with van der Waals surface area (Å²) in [4.78, 5) is 31.2. The Labute approximate surface area is 138 Å². The highest BCUT2D eigenvalue weighted by Gasteiger charge is 2.19. The van der Waals surface area contributed by atoms with E-state index >= 15 is 0 Å². The molecule has 6 heteroatoms. The first-order chi connectivity index (χ1) is 11.6. The molecule has 2 aromatic heterocycles. The predicted octanol–water partition coefficient (Wildman–Crippen LogP) is 1.84. The van der Waals surface area contributed by atoms with Gasteiger partial charge in [-0.1, -0.05) is 12.1 Å². The van der Waals surface area contributed by atoms with Crippen molar-refractivity contribution in [3.63, 3.8) is 0 Å². The number of rotatable bonds is 3. The predicted molar refractivity (Wildman–Crippen MR) is 89.7 cm³/mol. The van der Waals surface area contributed by atoms with E-state index in [0.29, 0.717) is 24.2 Å². The molecule has 1 aliphatic rings. The molecule has 2 N–H and O–H groups in total. The van der Waals surface area contributed by atoms with Crippen LogP contribution in [0.1, 0.15) is 27.3 Å². The topological polar surface area (TPSA) is 79.8 Å². The summed E-state index contributed by atoms with van der Waals surface area (Å²) in [5.41, 5.74) is 4.59. The van der Waals surface area contributed by atoms with Crippen LogP contribution in [0.15, 0.2) is 47.7 Å². The lowest BCUT2D eigenvalue weighted by Crippen LogP contribution is -2.14. The Morgan fingerprint density at radius 1 is 1.17 bits per heavy atom. The van der Waals surface area contributed by atoms with Crippen LogP contribution in [0.4, 0.5) is 0 Å². The van der Waals surface area contributed by atoms with E-state index in [0.717, 1.165) is 22.5 Å². The van der Waals surface area contributed by atoms with E-state index in [4.69, 9.17) is 0 Å². The number of carbonyl (C=O) groups is 1. The van der Waals surface area contributed by atoms with Crippen molar-refractivity contribution in [2.45, 2.75) is 20.0 Å². The summed E-state index contributed by atoms with van der Waals surface area (Å²) in [6.07, 6.45) is 3.52. The maximum atomic E-state index is 12.5. The van der Waals surface area contributed by atoms with Crippen LogP contribution in [0.5, 0.6) is 0 Å². The Bertz CT molecular complexity index is 1000. The first kappa shape index (κ1) is 14.4. The molecule has 24 heavy (non-hydrogen) atoms. The number of imidazole rings is 1. The van der Waals surface area contributed by atoms with Crippen molar-refractivity contribution < 1.29 is 4.79 Å². The van der Waals surface area contributed by atoms with Crippen molar-refractivity contribution in [2.24, 2.45) is 0 Å². The zero-order valence-electron chi connectivity index (χ0n) is 13.2. The first-order valence-electron chi connectivity index (χ1n) is 7.72. The van der Waals surface area contributed by atoms with E-state index < -0.39 is 0 Å². The highest BCUT2D eigenvalue weighted by molar-refractivity contribution is 5.99. The van der Waals surface area contributed by atoms with Crippen LogP contribution < -0.4 is 10.9 Å². The number of benzene rings is 1. The maximum absolute atomic E-state index is 12.5. The third kappa shape index (κ3) is 2.42. The zero-order valence-corrected chi connectivity index (χ0v) is 13.2. The Kier molecular flexibility index (Phi) is 3.30. The highest BCUT2D eigenvalue weighted by atomic mass is 16.2. The quantitative estimate of drug-likeness (QED) is 0.773. The average Bonchev–Trinajstić information content (AvgIpc) is 3.14. The Hall–Kier alpha value is -3.15.